The molecule has 8 heteroatoms. The molecule has 4 aromatic rings. The Bertz CT molecular complexity index is 1260. The number of aryl methyl sites for hydroxylation is 1. The van der Waals surface area contributed by atoms with E-state index in [-0.39, 0.29) is 11.8 Å². The number of amides is 1. The Hall–Kier alpha value is -3.78. The van der Waals surface area contributed by atoms with E-state index in [0.29, 0.717) is 24.8 Å². The first kappa shape index (κ1) is 23.0. The number of imidazole rings is 1. The van der Waals surface area contributed by atoms with Crippen LogP contribution in [-0.2, 0) is 24.4 Å². The van der Waals surface area contributed by atoms with Crippen LogP contribution in [0.5, 0.6) is 0 Å². The number of rotatable bonds is 8. The molecule has 0 unspecified atom stereocenters. The zero-order chi connectivity index (χ0) is 24.0. The Balaban J connectivity index is 1.08. The van der Waals surface area contributed by atoms with Gasteiger partial charge in [-0.2, -0.15) is 4.98 Å². The van der Waals surface area contributed by atoms with Crippen LogP contribution < -0.4 is 5.32 Å². The van der Waals surface area contributed by atoms with Gasteiger partial charge < -0.3 is 14.4 Å². The van der Waals surface area contributed by atoms with Gasteiger partial charge in [-0.25, -0.2) is 4.98 Å². The highest BCUT2D eigenvalue weighted by atomic mass is 16.5. The van der Waals surface area contributed by atoms with Gasteiger partial charge in [-0.3, -0.25) is 9.69 Å². The highest BCUT2D eigenvalue weighted by molar-refractivity contribution is 5.78. The van der Waals surface area contributed by atoms with Gasteiger partial charge in [0.2, 0.25) is 17.6 Å². The van der Waals surface area contributed by atoms with Gasteiger partial charge >= 0.3 is 0 Å². The number of carbonyl (C=O) groups is 1. The van der Waals surface area contributed by atoms with Crippen molar-refractivity contribution >= 4 is 5.91 Å². The van der Waals surface area contributed by atoms with Crippen molar-refractivity contribution in [1.29, 1.82) is 0 Å². The summed E-state index contributed by atoms with van der Waals surface area (Å²) in [4.78, 5) is 23.7. The average molecular weight is 471 g/mol. The predicted molar refractivity (Wildman–Crippen MR) is 132 cm³/mol. The minimum atomic E-state index is 0.0333. The number of hydrogen-bond donors (Lipinski definition) is 1. The summed E-state index contributed by atoms with van der Waals surface area (Å²) >= 11 is 0. The zero-order valence-electron chi connectivity index (χ0n) is 19.9. The van der Waals surface area contributed by atoms with Crippen molar-refractivity contribution in [1.82, 2.24) is 29.9 Å². The Kier molecular flexibility index (Phi) is 6.99. The lowest BCUT2D eigenvalue weighted by Crippen LogP contribution is -2.40. The molecular formula is C27H30N6O2. The maximum absolute atomic E-state index is 12.8. The second-order valence-electron chi connectivity index (χ2n) is 9.20. The van der Waals surface area contributed by atoms with Gasteiger partial charge in [-0.05, 0) is 50.0 Å². The van der Waals surface area contributed by atoms with Crippen molar-refractivity contribution in [3.63, 3.8) is 0 Å². The lowest BCUT2D eigenvalue weighted by molar-refractivity contribution is -0.126. The molecule has 0 atom stereocenters. The molecule has 5 rings (SSSR count). The van der Waals surface area contributed by atoms with Gasteiger partial charge in [-0.15, -0.1) is 0 Å². The second-order valence-corrected chi connectivity index (χ2v) is 9.20. The number of piperidine rings is 1. The summed E-state index contributed by atoms with van der Waals surface area (Å²) in [6.45, 7) is 5.64. The lowest BCUT2D eigenvalue weighted by Gasteiger charge is -2.30. The van der Waals surface area contributed by atoms with Crippen molar-refractivity contribution in [2.24, 2.45) is 5.92 Å². The topological polar surface area (TPSA) is 89.1 Å². The molecule has 35 heavy (non-hydrogen) atoms. The smallest absolute Gasteiger partial charge is 0.241 e. The molecule has 180 valence electrons. The number of aromatic nitrogens is 4. The normalized spacial score (nSPS) is 14.8. The molecule has 1 aliphatic rings. The first-order valence-corrected chi connectivity index (χ1v) is 12.1. The van der Waals surface area contributed by atoms with Gasteiger partial charge in [0, 0.05) is 37.0 Å². The minimum Gasteiger partial charge on any atom is -0.352 e. The van der Waals surface area contributed by atoms with Crippen LogP contribution in [0.2, 0.25) is 0 Å². The zero-order valence-corrected chi connectivity index (χ0v) is 19.9. The van der Waals surface area contributed by atoms with E-state index in [9.17, 15) is 4.79 Å². The van der Waals surface area contributed by atoms with Gasteiger partial charge in [0.05, 0.1) is 12.9 Å². The Morgan fingerprint density at radius 1 is 1.09 bits per heavy atom. The van der Waals surface area contributed by atoms with Gasteiger partial charge in [0.25, 0.3) is 0 Å². The summed E-state index contributed by atoms with van der Waals surface area (Å²) in [5, 5.41) is 7.26. The fourth-order valence-electron chi connectivity index (χ4n) is 4.53. The van der Waals surface area contributed by atoms with Crippen LogP contribution in [0.25, 0.3) is 11.4 Å². The molecule has 0 aliphatic carbocycles. The third kappa shape index (κ3) is 6.02. The van der Waals surface area contributed by atoms with E-state index in [4.69, 9.17) is 4.52 Å². The maximum atomic E-state index is 12.8. The summed E-state index contributed by atoms with van der Waals surface area (Å²) in [6.07, 6.45) is 7.18. The first-order valence-electron chi connectivity index (χ1n) is 12.1. The van der Waals surface area contributed by atoms with Crippen LogP contribution in [-0.4, -0.2) is 43.6 Å². The highest BCUT2D eigenvalue weighted by Crippen LogP contribution is 2.21. The van der Waals surface area contributed by atoms with Crippen LogP contribution in [0.1, 0.15) is 35.4 Å². The highest BCUT2D eigenvalue weighted by Gasteiger charge is 2.26. The van der Waals surface area contributed by atoms with Gasteiger partial charge in [0.15, 0.2) is 0 Å². The fourth-order valence-corrected chi connectivity index (χ4v) is 4.53. The number of nitrogens with one attached hydrogen (secondary N) is 1. The average Bonchev–Trinajstić information content (AvgIpc) is 3.56. The van der Waals surface area contributed by atoms with Crippen molar-refractivity contribution in [3.8, 4) is 11.4 Å². The molecule has 0 spiro atoms. The molecule has 3 heterocycles. The van der Waals surface area contributed by atoms with Crippen molar-refractivity contribution in [2.45, 2.75) is 39.4 Å². The SMILES string of the molecule is Cc1cccc(-c2noc(CN3CCC(C(=O)NCc4cccc(Cn5ccnc5)c4)CC3)n2)c1. The van der Waals surface area contributed by atoms with E-state index in [2.05, 4.69) is 49.6 Å². The van der Waals surface area contributed by atoms with Crippen LogP contribution in [0, 0.1) is 12.8 Å². The van der Waals surface area contributed by atoms with Gasteiger partial charge in [0.1, 0.15) is 0 Å². The quantitative estimate of drug-likeness (QED) is 0.421. The molecule has 1 fully saturated rings. The van der Waals surface area contributed by atoms with Crippen molar-refractivity contribution in [2.75, 3.05) is 13.1 Å². The summed E-state index contributed by atoms with van der Waals surface area (Å²) < 4.78 is 7.51. The molecule has 8 nitrogen and oxygen atoms in total. The summed E-state index contributed by atoms with van der Waals surface area (Å²) in [7, 11) is 0. The molecule has 1 saturated heterocycles. The van der Waals surface area contributed by atoms with Crippen molar-refractivity contribution < 1.29 is 9.32 Å². The molecule has 0 bridgehead atoms. The van der Waals surface area contributed by atoms with Crippen LogP contribution in [0.4, 0.5) is 0 Å². The Labute approximate surface area is 205 Å². The van der Waals surface area contributed by atoms with E-state index in [0.717, 1.165) is 49.2 Å². The van der Waals surface area contributed by atoms with Gasteiger partial charge in [-0.1, -0.05) is 53.2 Å². The Morgan fingerprint density at radius 3 is 2.71 bits per heavy atom. The van der Waals surface area contributed by atoms with Crippen LogP contribution in [0.3, 0.4) is 0 Å². The summed E-state index contributed by atoms with van der Waals surface area (Å²) in [5.41, 5.74) is 4.42. The van der Waals surface area contributed by atoms with E-state index in [1.54, 1.807) is 6.20 Å². The van der Waals surface area contributed by atoms with Crippen LogP contribution >= 0.6 is 0 Å². The van der Waals surface area contributed by atoms with E-state index in [1.165, 1.54) is 5.56 Å². The molecule has 1 N–H and O–H groups in total. The number of nitrogens with zero attached hydrogens (tertiary/aromatic N) is 5. The summed E-state index contributed by atoms with van der Waals surface area (Å²) in [5.74, 6) is 1.39. The predicted octanol–water partition coefficient (Wildman–Crippen LogP) is 3.82. The second kappa shape index (κ2) is 10.7. The fraction of sp³-hybridized carbons (Fsp3) is 0.333. The minimum absolute atomic E-state index is 0.0333. The number of likely N-dealkylation sites (tertiary alicyclic amines) is 1. The molecule has 2 aromatic carbocycles. The monoisotopic (exact) mass is 470 g/mol. The molecule has 1 amide bonds. The molecular weight excluding hydrogens is 440 g/mol. The number of benzene rings is 2. The third-order valence-electron chi connectivity index (χ3n) is 6.44. The number of carbonyl (C=O) groups excluding carboxylic acids is 1. The van der Waals surface area contributed by atoms with Crippen molar-refractivity contribution in [3.05, 3.63) is 89.8 Å². The first-order chi connectivity index (χ1) is 17.1. The largest absolute Gasteiger partial charge is 0.352 e. The van der Waals surface area contributed by atoms with E-state index < -0.39 is 0 Å². The molecule has 0 radical (unpaired) electrons. The lowest BCUT2D eigenvalue weighted by atomic mass is 9.96. The van der Waals surface area contributed by atoms with E-state index >= 15 is 0 Å². The standard InChI is InChI=1S/C27H30N6O2/c1-20-4-2-7-24(14-20)26-30-25(35-31-26)18-32-11-8-23(9-12-32)27(34)29-16-21-5-3-6-22(15-21)17-33-13-10-28-19-33/h2-7,10,13-15,19,23H,8-9,11-12,16-18H2,1H3,(H,29,34). The number of hydrogen-bond acceptors (Lipinski definition) is 6. The maximum Gasteiger partial charge on any atom is 0.241 e. The molecule has 2 aromatic heterocycles. The Morgan fingerprint density at radius 2 is 1.91 bits per heavy atom. The van der Waals surface area contributed by atoms with E-state index in [1.807, 2.05) is 48.3 Å². The molecule has 1 aliphatic heterocycles. The van der Waals surface area contributed by atoms with Crippen LogP contribution in [0.15, 0.2) is 71.8 Å². The molecule has 0 saturated carbocycles. The third-order valence-corrected chi connectivity index (χ3v) is 6.44. The summed E-state index contributed by atoms with van der Waals surface area (Å²) in [6, 6.07) is 16.4.